The van der Waals surface area contributed by atoms with E-state index >= 15 is 0 Å². The van der Waals surface area contributed by atoms with Crippen LogP contribution in [0.5, 0.6) is 0 Å². The van der Waals surface area contributed by atoms with Gasteiger partial charge in [0.1, 0.15) is 0 Å². The average Bonchev–Trinajstić information content (AvgIpc) is 1.90. The van der Waals surface area contributed by atoms with Crippen molar-refractivity contribution in [1.29, 1.82) is 0 Å². The van der Waals surface area contributed by atoms with Crippen LogP contribution in [0, 0.1) is 5.41 Å². The molecular formula is C10H18N2O. The quantitative estimate of drug-likeness (QED) is 0.670. The number of rotatable bonds is 4. The van der Waals surface area contributed by atoms with Crippen LogP contribution in [0.2, 0.25) is 0 Å². The normalized spacial score (nSPS) is 40.5. The number of hydrogen-bond acceptors (Lipinski definition) is 2. The van der Waals surface area contributed by atoms with Crippen molar-refractivity contribution >= 4 is 5.91 Å². The number of carbonyl (C=O) groups excluding carboxylic acids is 1. The third-order valence-electron chi connectivity index (χ3n) is 3.33. The topological polar surface area (TPSA) is 41.1 Å². The summed E-state index contributed by atoms with van der Waals surface area (Å²) in [4.78, 5) is 10.9. The second kappa shape index (κ2) is 2.71. The van der Waals surface area contributed by atoms with Gasteiger partial charge in [-0.3, -0.25) is 4.79 Å². The van der Waals surface area contributed by atoms with Gasteiger partial charge in [-0.1, -0.05) is 6.92 Å². The van der Waals surface area contributed by atoms with Crippen molar-refractivity contribution in [1.82, 2.24) is 10.6 Å². The molecular weight excluding hydrogens is 164 g/mol. The molecule has 3 saturated carbocycles. The third-order valence-corrected chi connectivity index (χ3v) is 3.33. The van der Waals surface area contributed by atoms with Crippen molar-refractivity contribution in [2.24, 2.45) is 5.41 Å². The molecule has 74 valence electrons. The van der Waals surface area contributed by atoms with Crippen LogP contribution in [0.25, 0.3) is 0 Å². The van der Waals surface area contributed by atoms with Crippen molar-refractivity contribution in [2.75, 3.05) is 13.1 Å². The molecule has 0 radical (unpaired) electrons. The first kappa shape index (κ1) is 9.00. The predicted octanol–water partition coefficient (Wildman–Crippen LogP) is 0.655. The Hall–Kier alpha value is -0.570. The zero-order valence-corrected chi connectivity index (χ0v) is 8.44. The molecule has 2 N–H and O–H groups in total. The molecule has 3 aliphatic carbocycles. The monoisotopic (exact) mass is 182 g/mol. The predicted molar refractivity (Wildman–Crippen MR) is 51.4 cm³/mol. The standard InChI is InChI=1S/C10H18N2O/c1-3-11-7-9-4-10(5-9,6-9)12-8(2)13/h11H,3-7H2,1-2H3,(H,12,13). The molecule has 0 spiro atoms. The van der Waals surface area contributed by atoms with Gasteiger partial charge in [-0.15, -0.1) is 0 Å². The van der Waals surface area contributed by atoms with Crippen LogP contribution in [0.15, 0.2) is 0 Å². The molecule has 0 aromatic heterocycles. The molecule has 0 aromatic carbocycles. The molecule has 0 heterocycles. The first-order valence-electron chi connectivity index (χ1n) is 5.09. The lowest BCUT2D eigenvalue weighted by Crippen LogP contribution is -2.76. The van der Waals surface area contributed by atoms with Gasteiger partial charge < -0.3 is 10.6 Å². The van der Waals surface area contributed by atoms with E-state index in [2.05, 4.69) is 17.6 Å². The van der Waals surface area contributed by atoms with E-state index in [1.54, 1.807) is 6.92 Å². The van der Waals surface area contributed by atoms with E-state index in [1.165, 1.54) is 19.3 Å². The minimum absolute atomic E-state index is 0.122. The van der Waals surface area contributed by atoms with E-state index in [9.17, 15) is 4.79 Å². The molecule has 3 rings (SSSR count). The Kier molecular flexibility index (Phi) is 1.88. The summed E-state index contributed by atoms with van der Waals surface area (Å²) in [7, 11) is 0. The third kappa shape index (κ3) is 1.35. The molecule has 3 nitrogen and oxygen atoms in total. The summed E-state index contributed by atoms with van der Waals surface area (Å²) in [6.45, 7) is 5.92. The lowest BCUT2D eigenvalue weighted by Gasteiger charge is -2.70. The van der Waals surface area contributed by atoms with Crippen LogP contribution in [-0.4, -0.2) is 24.5 Å². The van der Waals surface area contributed by atoms with E-state index in [0.717, 1.165) is 13.1 Å². The number of nitrogens with one attached hydrogen (secondary N) is 2. The number of amides is 1. The van der Waals surface area contributed by atoms with Crippen LogP contribution in [0.3, 0.4) is 0 Å². The largest absolute Gasteiger partial charge is 0.351 e. The minimum Gasteiger partial charge on any atom is -0.351 e. The van der Waals surface area contributed by atoms with Gasteiger partial charge in [0.2, 0.25) is 5.91 Å². The summed E-state index contributed by atoms with van der Waals surface area (Å²) in [6.07, 6.45) is 3.56. The van der Waals surface area contributed by atoms with Crippen molar-refractivity contribution in [3.63, 3.8) is 0 Å². The Labute approximate surface area is 79.3 Å². The zero-order valence-electron chi connectivity index (χ0n) is 8.44. The summed E-state index contributed by atoms with van der Waals surface area (Å²) in [5.41, 5.74) is 0.750. The van der Waals surface area contributed by atoms with Gasteiger partial charge >= 0.3 is 0 Å². The second-order valence-corrected chi connectivity index (χ2v) is 4.77. The van der Waals surface area contributed by atoms with Crippen molar-refractivity contribution in [2.45, 2.75) is 38.6 Å². The van der Waals surface area contributed by atoms with Gasteiger partial charge in [0.25, 0.3) is 0 Å². The van der Waals surface area contributed by atoms with Crippen LogP contribution >= 0.6 is 0 Å². The van der Waals surface area contributed by atoms with E-state index in [0.29, 0.717) is 5.41 Å². The maximum absolute atomic E-state index is 10.9. The first-order chi connectivity index (χ1) is 6.10. The summed E-state index contributed by atoms with van der Waals surface area (Å²) >= 11 is 0. The molecule has 0 atom stereocenters. The molecule has 3 fully saturated rings. The van der Waals surface area contributed by atoms with Crippen LogP contribution in [0.1, 0.15) is 33.1 Å². The molecule has 0 aliphatic heterocycles. The van der Waals surface area contributed by atoms with Crippen molar-refractivity contribution in [3.05, 3.63) is 0 Å². The van der Waals surface area contributed by atoms with E-state index in [4.69, 9.17) is 0 Å². The summed E-state index contributed by atoms with van der Waals surface area (Å²) in [6, 6.07) is 0. The highest BCUT2D eigenvalue weighted by molar-refractivity contribution is 5.74. The van der Waals surface area contributed by atoms with Crippen molar-refractivity contribution < 1.29 is 4.79 Å². The number of hydrogen-bond donors (Lipinski definition) is 2. The van der Waals surface area contributed by atoms with Crippen LogP contribution < -0.4 is 10.6 Å². The molecule has 1 amide bonds. The Morgan fingerprint density at radius 3 is 2.46 bits per heavy atom. The molecule has 2 bridgehead atoms. The fourth-order valence-electron chi connectivity index (χ4n) is 3.08. The first-order valence-corrected chi connectivity index (χ1v) is 5.09. The highest BCUT2D eigenvalue weighted by Gasteiger charge is 2.67. The van der Waals surface area contributed by atoms with Gasteiger partial charge in [-0.2, -0.15) is 0 Å². The van der Waals surface area contributed by atoms with Gasteiger partial charge in [0.05, 0.1) is 0 Å². The fourth-order valence-corrected chi connectivity index (χ4v) is 3.08. The van der Waals surface area contributed by atoms with Crippen LogP contribution in [-0.2, 0) is 4.79 Å². The smallest absolute Gasteiger partial charge is 0.217 e. The molecule has 0 unspecified atom stereocenters. The number of carbonyl (C=O) groups is 1. The van der Waals surface area contributed by atoms with E-state index in [-0.39, 0.29) is 11.4 Å². The maximum atomic E-state index is 10.9. The van der Waals surface area contributed by atoms with Gasteiger partial charge in [-0.05, 0) is 31.2 Å². The molecule has 0 saturated heterocycles. The van der Waals surface area contributed by atoms with E-state index in [1.807, 2.05) is 0 Å². The summed E-state index contributed by atoms with van der Waals surface area (Å²) < 4.78 is 0. The molecule has 3 heteroatoms. The SMILES string of the molecule is CCNCC12CC(NC(C)=O)(C1)C2. The van der Waals surface area contributed by atoms with Gasteiger partial charge in [-0.25, -0.2) is 0 Å². The van der Waals surface area contributed by atoms with Gasteiger partial charge in [0.15, 0.2) is 0 Å². The average molecular weight is 182 g/mol. The summed E-state index contributed by atoms with van der Waals surface area (Å²) in [5.74, 6) is 0.122. The fraction of sp³-hybridized carbons (Fsp3) is 0.900. The lowest BCUT2D eigenvalue weighted by molar-refractivity contribution is -0.161. The Morgan fingerprint density at radius 1 is 1.38 bits per heavy atom. The van der Waals surface area contributed by atoms with Gasteiger partial charge in [0, 0.05) is 19.0 Å². The molecule has 0 aromatic rings. The zero-order chi connectivity index (χ0) is 9.53. The van der Waals surface area contributed by atoms with E-state index < -0.39 is 0 Å². The second-order valence-electron chi connectivity index (χ2n) is 4.77. The van der Waals surface area contributed by atoms with Crippen LogP contribution in [0.4, 0.5) is 0 Å². The lowest BCUT2D eigenvalue weighted by atomic mass is 9.39. The Morgan fingerprint density at radius 2 is 2.00 bits per heavy atom. The Balaban J connectivity index is 1.76. The van der Waals surface area contributed by atoms with Crippen molar-refractivity contribution in [3.8, 4) is 0 Å². The molecule has 3 aliphatic rings. The highest BCUT2D eigenvalue weighted by Crippen LogP contribution is 2.66. The Bertz CT molecular complexity index is 217. The highest BCUT2D eigenvalue weighted by atomic mass is 16.1. The maximum Gasteiger partial charge on any atom is 0.217 e. The molecule has 13 heavy (non-hydrogen) atoms. The minimum atomic E-state index is 0.122. The summed E-state index contributed by atoms with van der Waals surface area (Å²) in [5, 5.41) is 6.44.